The second kappa shape index (κ2) is 4.96. The molecule has 0 aliphatic carbocycles. The lowest BCUT2D eigenvalue weighted by molar-refractivity contribution is -0.659. The fraction of sp³-hybridized carbons (Fsp3) is 0.211. The highest BCUT2D eigenvalue weighted by Crippen LogP contribution is 2.30. The van der Waals surface area contributed by atoms with Gasteiger partial charge in [0, 0.05) is 6.04 Å². The zero-order valence-electron chi connectivity index (χ0n) is 14.7. The fourth-order valence-electron chi connectivity index (χ4n) is 2.82. The van der Waals surface area contributed by atoms with Crippen LogP contribution in [0.1, 0.15) is 19.4 Å². The largest absolute Gasteiger partial charge is 0.220 e. The van der Waals surface area contributed by atoms with Crippen LogP contribution >= 0.6 is 0 Å². The summed E-state index contributed by atoms with van der Waals surface area (Å²) in [6.07, 6.45) is 0.0802. The Labute approximate surface area is 127 Å². The van der Waals surface area contributed by atoms with Crippen molar-refractivity contribution in [3.05, 3.63) is 65.1 Å². The van der Waals surface area contributed by atoms with Crippen molar-refractivity contribution >= 4 is 10.8 Å². The number of rotatable bonds is 1. The lowest BCUT2D eigenvalue weighted by atomic mass is 9.94. The number of pyridine rings is 1. The van der Waals surface area contributed by atoms with Gasteiger partial charge in [0.15, 0.2) is 6.17 Å². The Morgan fingerprint density at radius 2 is 1.86 bits per heavy atom. The lowest BCUT2D eigenvalue weighted by Crippen LogP contribution is -2.30. The SMILES string of the molecule is [2H]c1c([2H])[n+](C)c(-c2cc(C)cc(C)c2C)c2ccc(F)cc12. The van der Waals surface area contributed by atoms with E-state index in [1.165, 1.54) is 17.7 Å². The van der Waals surface area contributed by atoms with E-state index in [1.54, 1.807) is 17.7 Å². The van der Waals surface area contributed by atoms with Gasteiger partial charge < -0.3 is 0 Å². The predicted octanol–water partition coefficient (Wildman–Crippen LogP) is 4.40. The molecular formula is C19H19FN+. The van der Waals surface area contributed by atoms with Gasteiger partial charge in [-0.25, -0.2) is 8.96 Å². The molecule has 0 aliphatic rings. The van der Waals surface area contributed by atoms with Gasteiger partial charge in [-0.05, 0) is 61.5 Å². The highest BCUT2D eigenvalue weighted by Gasteiger charge is 2.18. The molecule has 106 valence electrons. The fourth-order valence-corrected chi connectivity index (χ4v) is 2.82. The molecule has 3 aromatic rings. The van der Waals surface area contributed by atoms with Gasteiger partial charge in [-0.3, -0.25) is 0 Å². The normalized spacial score (nSPS) is 12.4. The number of fused-ring (bicyclic) bond motifs is 1. The third-order valence-electron chi connectivity index (χ3n) is 4.00. The van der Waals surface area contributed by atoms with Crippen LogP contribution in [0, 0.1) is 26.6 Å². The summed E-state index contributed by atoms with van der Waals surface area (Å²) in [5.74, 6) is -0.387. The van der Waals surface area contributed by atoms with Crippen LogP contribution < -0.4 is 4.57 Å². The number of hydrogen-bond donors (Lipinski definition) is 0. The molecule has 0 aliphatic heterocycles. The molecule has 0 atom stereocenters. The van der Waals surface area contributed by atoms with Crippen LogP contribution in [-0.4, -0.2) is 0 Å². The van der Waals surface area contributed by atoms with Crippen molar-refractivity contribution in [3.8, 4) is 11.3 Å². The number of nitrogens with zero attached hydrogens (tertiary/aromatic N) is 1. The van der Waals surface area contributed by atoms with Crippen LogP contribution in [0.5, 0.6) is 0 Å². The Kier molecular flexibility index (Phi) is 2.70. The molecule has 1 aromatic heterocycles. The average Bonchev–Trinajstić information content (AvgIpc) is 2.50. The third kappa shape index (κ3) is 2.31. The van der Waals surface area contributed by atoms with E-state index in [4.69, 9.17) is 2.74 Å². The first-order valence-electron chi connectivity index (χ1n) is 7.98. The zero-order chi connectivity index (χ0) is 16.9. The van der Waals surface area contributed by atoms with Crippen LogP contribution in [-0.2, 0) is 7.05 Å². The van der Waals surface area contributed by atoms with Gasteiger partial charge in [0.1, 0.15) is 14.2 Å². The molecule has 0 spiro atoms. The van der Waals surface area contributed by atoms with Crippen LogP contribution in [0.3, 0.4) is 0 Å². The van der Waals surface area contributed by atoms with Crippen molar-refractivity contribution in [1.29, 1.82) is 0 Å². The summed E-state index contributed by atoms with van der Waals surface area (Å²) in [6.45, 7) is 6.16. The number of halogens is 1. The molecule has 0 radical (unpaired) electrons. The molecule has 21 heavy (non-hydrogen) atoms. The van der Waals surface area contributed by atoms with Crippen LogP contribution in [0.15, 0.2) is 42.5 Å². The van der Waals surface area contributed by atoms with Crippen molar-refractivity contribution in [1.82, 2.24) is 0 Å². The monoisotopic (exact) mass is 282 g/mol. The molecule has 1 heterocycles. The maximum Gasteiger partial charge on any atom is 0.220 e. The molecule has 0 saturated heterocycles. The number of aryl methyl sites for hydroxylation is 2. The first-order chi connectivity index (χ1) is 10.8. The molecule has 0 fully saturated rings. The Morgan fingerprint density at radius 3 is 2.62 bits per heavy atom. The van der Waals surface area contributed by atoms with Gasteiger partial charge in [0.2, 0.25) is 5.69 Å². The molecule has 0 N–H and O–H groups in total. The van der Waals surface area contributed by atoms with Gasteiger partial charge in [-0.1, -0.05) is 11.6 Å². The molecule has 0 unspecified atom stereocenters. The van der Waals surface area contributed by atoms with Gasteiger partial charge >= 0.3 is 0 Å². The van der Waals surface area contributed by atoms with Crippen LogP contribution in [0.2, 0.25) is 0 Å². The summed E-state index contributed by atoms with van der Waals surface area (Å²) in [6, 6.07) is 8.72. The zero-order valence-corrected chi connectivity index (χ0v) is 12.7. The first-order valence-corrected chi connectivity index (χ1v) is 6.98. The van der Waals surface area contributed by atoms with Crippen LogP contribution in [0.4, 0.5) is 4.39 Å². The summed E-state index contributed by atoms with van der Waals surface area (Å²) in [4.78, 5) is 0. The molecule has 3 rings (SSSR count). The third-order valence-corrected chi connectivity index (χ3v) is 4.00. The maximum absolute atomic E-state index is 13.6. The van der Waals surface area contributed by atoms with Crippen molar-refractivity contribution in [2.24, 2.45) is 7.05 Å². The van der Waals surface area contributed by atoms with E-state index in [0.29, 0.717) is 5.39 Å². The van der Waals surface area contributed by atoms with Crippen LogP contribution in [0.25, 0.3) is 22.0 Å². The van der Waals surface area contributed by atoms with E-state index in [0.717, 1.165) is 27.8 Å². The molecule has 0 saturated carbocycles. The van der Waals surface area contributed by atoms with Gasteiger partial charge in [0.05, 0.1) is 12.3 Å². The Bertz CT molecular complexity index is 948. The number of hydrogen-bond acceptors (Lipinski definition) is 0. The Balaban J connectivity index is 2.52. The number of benzene rings is 2. The summed E-state index contributed by atoms with van der Waals surface area (Å²) in [5, 5.41) is 1.27. The van der Waals surface area contributed by atoms with E-state index in [9.17, 15) is 4.39 Å². The molecule has 2 heteroatoms. The highest BCUT2D eigenvalue weighted by molar-refractivity contribution is 5.93. The Hall–Kier alpha value is -2.22. The topological polar surface area (TPSA) is 3.88 Å². The van der Waals surface area contributed by atoms with Gasteiger partial charge in [0.25, 0.3) is 0 Å². The van der Waals surface area contributed by atoms with E-state index in [-0.39, 0.29) is 18.0 Å². The molecule has 0 bridgehead atoms. The van der Waals surface area contributed by atoms with E-state index < -0.39 is 0 Å². The van der Waals surface area contributed by atoms with Crippen molar-refractivity contribution in [2.75, 3.05) is 0 Å². The van der Waals surface area contributed by atoms with Gasteiger partial charge in [-0.15, -0.1) is 0 Å². The summed E-state index contributed by atoms with van der Waals surface area (Å²) >= 11 is 0. The van der Waals surface area contributed by atoms with Crippen molar-refractivity contribution < 1.29 is 11.7 Å². The van der Waals surface area contributed by atoms with Gasteiger partial charge in [-0.2, -0.15) is 0 Å². The first kappa shape index (κ1) is 11.4. The Morgan fingerprint density at radius 1 is 1.10 bits per heavy atom. The van der Waals surface area contributed by atoms with Crippen molar-refractivity contribution in [3.63, 3.8) is 0 Å². The summed E-state index contributed by atoms with van der Waals surface area (Å²) in [5.41, 5.74) is 5.32. The minimum atomic E-state index is -0.387. The van der Waals surface area contributed by atoms with E-state index >= 15 is 0 Å². The summed E-state index contributed by atoms with van der Waals surface area (Å²) in [7, 11) is 1.79. The highest BCUT2D eigenvalue weighted by atomic mass is 19.1. The minimum Gasteiger partial charge on any atom is -0.207 e. The maximum atomic E-state index is 13.6. The minimum absolute atomic E-state index is 0.0489. The second-order valence-corrected chi connectivity index (χ2v) is 5.59. The quantitative estimate of drug-likeness (QED) is 0.583. The lowest BCUT2D eigenvalue weighted by Gasteiger charge is -2.11. The standard InChI is InChI=1S/C19H19FN/c1-12-9-13(2)14(3)18(10-12)19-17-6-5-16(20)11-15(17)7-8-21(19)4/h5-11H,1-4H3/q+1/i7D,8D. The average molecular weight is 282 g/mol. The smallest absolute Gasteiger partial charge is 0.207 e. The van der Waals surface area contributed by atoms with Crippen molar-refractivity contribution in [2.45, 2.75) is 20.8 Å². The number of aromatic nitrogens is 1. The van der Waals surface area contributed by atoms with E-state index in [1.807, 2.05) is 6.92 Å². The van der Waals surface area contributed by atoms with E-state index in [2.05, 4.69) is 26.0 Å². The second-order valence-electron chi connectivity index (χ2n) is 5.59. The molecule has 2 aromatic carbocycles. The molecule has 0 amide bonds. The molecule has 1 nitrogen and oxygen atoms in total. The predicted molar refractivity (Wildman–Crippen MR) is 84.7 cm³/mol. The summed E-state index contributed by atoms with van der Waals surface area (Å²) < 4.78 is 31.7. The molecular weight excluding hydrogens is 261 g/mol.